The summed E-state index contributed by atoms with van der Waals surface area (Å²) in [6.45, 7) is 1.93. The zero-order chi connectivity index (χ0) is 12.0. The summed E-state index contributed by atoms with van der Waals surface area (Å²) in [5, 5.41) is 11.6. The fraction of sp³-hybridized carbons (Fsp3) is 0.308. The van der Waals surface area contributed by atoms with E-state index in [1.165, 1.54) is 0 Å². The summed E-state index contributed by atoms with van der Waals surface area (Å²) < 4.78 is 5.64. The molecule has 1 aliphatic rings. The van der Waals surface area contributed by atoms with Crippen LogP contribution in [0.1, 0.15) is 25.0 Å². The van der Waals surface area contributed by atoms with E-state index in [1.54, 1.807) is 6.07 Å². The second-order valence-corrected chi connectivity index (χ2v) is 4.84. The molecule has 4 heteroatoms. The van der Waals surface area contributed by atoms with Gasteiger partial charge in [0.2, 0.25) is 5.88 Å². The Bertz CT molecular complexity index is 585. The van der Waals surface area contributed by atoms with Gasteiger partial charge in [0.1, 0.15) is 6.10 Å². The molecule has 1 aromatic carbocycles. The van der Waals surface area contributed by atoms with Crippen molar-refractivity contribution in [2.45, 2.75) is 25.6 Å². The molecular formula is C13H12ClNO2. The maximum atomic E-state index is 10.00. The van der Waals surface area contributed by atoms with Crippen LogP contribution in [0.2, 0.25) is 5.02 Å². The van der Waals surface area contributed by atoms with E-state index >= 15 is 0 Å². The second-order valence-electron chi connectivity index (χ2n) is 4.40. The van der Waals surface area contributed by atoms with Gasteiger partial charge in [-0.1, -0.05) is 17.7 Å². The molecule has 2 heterocycles. The molecular weight excluding hydrogens is 238 g/mol. The third kappa shape index (κ3) is 1.85. The first kappa shape index (κ1) is 10.8. The molecule has 0 fully saturated rings. The van der Waals surface area contributed by atoms with Gasteiger partial charge in [-0.05, 0) is 25.1 Å². The minimum absolute atomic E-state index is 0.0124. The van der Waals surface area contributed by atoms with Crippen LogP contribution in [-0.4, -0.2) is 16.2 Å². The van der Waals surface area contributed by atoms with E-state index in [1.807, 2.05) is 25.1 Å². The van der Waals surface area contributed by atoms with Crippen LogP contribution < -0.4 is 4.74 Å². The number of rotatable bonds is 0. The number of fused-ring (bicyclic) bond motifs is 2. The van der Waals surface area contributed by atoms with E-state index in [0.29, 0.717) is 17.3 Å². The Morgan fingerprint density at radius 2 is 2.24 bits per heavy atom. The van der Waals surface area contributed by atoms with Gasteiger partial charge in [0.15, 0.2) is 0 Å². The van der Waals surface area contributed by atoms with Gasteiger partial charge in [0.05, 0.1) is 11.6 Å². The minimum Gasteiger partial charge on any atom is -0.474 e. The SMILES string of the molecule is C[C@@H]1C[C@H](O)c2cc3ccc(Cl)cc3nc2O1. The maximum absolute atomic E-state index is 10.00. The molecule has 0 amide bonds. The van der Waals surface area contributed by atoms with Crippen LogP contribution in [0.3, 0.4) is 0 Å². The Morgan fingerprint density at radius 1 is 1.41 bits per heavy atom. The van der Waals surface area contributed by atoms with E-state index in [-0.39, 0.29) is 6.10 Å². The third-order valence-corrected chi connectivity index (χ3v) is 3.23. The summed E-state index contributed by atoms with van der Waals surface area (Å²) in [5.74, 6) is 0.519. The Kier molecular flexibility index (Phi) is 2.45. The molecule has 3 rings (SSSR count). The molecule has 0 aliphatic carbocycles. The van der Waals surface area contributed by atoms with Crippen molar-refractivity contribution in [2.75, 3.05) is 0 Å². The smallest absolute Gasteiger partial charge is 0.220 e. The van der Waals surface area contributed by atoms with Crippen molar-refractivity contribution in [3.63, 3.8) is 0 Å². The predicted molar refractivity (Wildman–Crippen MR) is 66.4 cm³/mol. The van der Waals surface area contributed by atoms with Crippen molar-refractivity contribution in [1.29, 1.82) is 0 Å². The van der Waals surface area contributed by atoms with Gasteiger partial charge in [0, 0.05) is 22.4 Å². The van der Waals surface area contributed by atoms with Gasteiger partial charge in [-0.25, -0.2) is 4.98 Å². The summed E-state index contributed by atoms with van der Waals surface area (Å²) in [7, 11) is 0. The summed E-state index contributed by atoms with van der Waals surface area (Å²) in [5.41, 5.74) is 1.55. The van der Waals surface area contributed by atoms with Crippen molar-refractivity contribution in [3.8, 4) is 5.88 Å². The third-order valence-electron chi connectivity index (χ3n) is 3.00. The first-order valence-electron chi connectivity index (χ1n) is 5.58. The highest BCUT2D eigenvalue weighted by molar-refractivity contribution is 6.31. The predicted octanol–water partition coefficient (Wildman–Crippen LogP) is 3.09. The Balaban J connectivity index is 2.22. The zero-order valence-corrected chi connectivity index (χ0v) is 10.1. The maximum Gasteiger partial charge on any atom is 0.220 e. The van der Waals surface area contributed by atoms with Gasteiger partial charge >= 0.3 is 0 Å². The van der Waals surface area contributed by atoms with Crippen LogP contribution in [0, 0.1) is 0 Å². The number of halogens is 1. The van der Waals surface area contributed by atoms with Crippen LogP contribution in [0.25, 0.3) is 10.9 Å². The average Bonchev–Trinajstić information content (AvgIpc) is 2.26. The molecule has 1 aromatic heterocycles. The highest BCUT2D eigenvalue weighted by atomic mass is 35.5. The summed E-state index contributed by atoms with van der Waals surface area (Å²) >= 11 is 5.93. The number of aliphatic hydroxyl groups is 1. The van der Waals surface area contributed by atoms with E-state index < -0.39 is 6.10 Å². The Hall–Kier alpha value is -1.32. The van der Waals surface area contributed by atoms with Gasteiger partial charge in [-0.2, -0.15) is 0 Å². The standard InChI is InChI=1S/C13H12ClNO2/c1-7-4-12(16)10-5-8-2-3-9(14)6-11(8)15-13(10)17-7/h2-3,5-7,12,16H,4H2,1H3/t7-,12+/m1/s1. The monoisotopic (exact) mass is 249 g/mol. The molecule has 1 aliphatic heterocycles. The molecule has 1 N–H and O–H groups in total. The lowest BCUT2D eigenvalue weighted by Gasteiger charge is -2.26. The molecule has 0 saturated carbocycles. The van der Waals surface area contributed by atoms with Crippen LogP contribution in [0.5, 0.6) is 5.88 Å². The van der Waals surface area contributed by atoms with Crippen LogP contribution in [0.4, 0.5) is 0 Å². The first-order chi connectivity index (χ1) is 8.13. The van der Waals surface area contributed by atoms with E-state index in [0.717, 1.165) is 16.5 Å². The molecule has 0 radical (unpaired) electrons. The number of aliphatic hydroxyl groups excluding tert-OH is 1. The molecule has 0 unspecified atom stereocenters. The number of pyridine rings is 1. The summed E-state index contributed by atoms with van der Waals surface area (Å²) in [6, 6.07) is 7.43. The van der Waals surface area contributed by atoms with Crippen molar-refractivity contribution in [1.82, 2.24) is 4.98 Å². The van der Waals surface area contributed by atoms with Crippen molar-refractivity contribution >= 4 is 22.5 Å². The molecule has 0 saturated heterocycles. The number of aromatic nitrogens is 1. The number of benzene rings is 1. The minimum atomic E-state index is -0.499. The lowest BCUT2D eigenvalue weighted by atomic mass is 10.0. The van der Waals surface area contributed by atoms with Crippen LogP contribution in [0.15, 0.2) is 24.3 Å². The van der Waals surface area contributed by atoms with Gasteiger partial charge < -0.3 is 9.84 Å². The van der Waals surface area contributed by atoms with Crippen molar-refractivity contribution in [3.05, 3.63) is 34.9 Å². The second kappa shape index (κ2) is 3.86. The van der Waals surface area contributed by atoms with Gasteiger partial charge in [0.25, 0.3) is 0 Å². The highest BCUT2D eigenvalue weighted by Crippen LogP contribution is 2.35. The molecule has 2 aromatic rings. The quantitative estimate of drug-likeness (QED) is 0.780. The van der Waals surface area contributed by atoms with Crippen molar-refractivity contribution < 1.29 is 9.84 Å². The van der Waals surface area contributed by atoms with E-state index in [9.17, 15) is 5.11 Å². The average molecular weight is 250 g/mol. The molecule has 3 nitrogen and oxygen atoms in total. The molecule has 0 bridgehead atoms. The fourth-order valence-electron chi connectivity index (χ4n) is 2.15. The van der Waals surface area contributed by atoms with Gasteiger partial charge in [-0.3, -0.25) is 0 Å². The topological polar surface area (TPSA) is 42.4 Å². The van der Waals surface area contributed by atoms with Crippen molar-refractivity contribution in [2.24, 2.45) is 0 Å². The summed E-state index contributed by atoms with van der Waals surface area (Å²) in [4.78, 5) is 4.41. The molecule has 0 spiro atoms. The number of hydrogen-bond donors (Lipinski definition) is 1. The zero-order valence-electron chi connectivity index (χ0n) is 9.35. The Labute approximate surface area is 104 Å². The normalized spacial score (nSPS) is 23.2. The molecule has 88 valence electrons. The van der Waals surface area contributed by atoms with E-state index in [4.69, 9.17) is 16.3 Å². The molecule has 17 heavy (non-hydrogen) atoms. The van der Waals surface area contributed by atoms with E-state index in [2.05, 4.69) is 4.98 Å². The molecule has 2 atom stereocenters. The summed E-state index contributed by atoms with van der Waals surface area (Å²) in [6.07, 6.45) is 0.0938. The highest BCUT2D eigenvalue weighted by Gasteiger charge is 2.25. The van der Waals surface area contributed by atoms with Gasteiger partial charge in [-0.15, -0.1) is 0 Å². The largest absolute Gasteiger partial charge is 0.474 e. The fourth-order valence-corrected chi connectivity index (χ4v) is 2.32. The van der Waals surface area contributed by atoms with Crippen LogP contribution in [-0.2, 0) is 0 Å². The number of nitrogens with zero attached hydrogens (tertiary/aromatic N) is 1. The lowest BCUT2D eigenvalue weighted by molar-refractivity contribution is 0.0713. The van der Waals surface area contributed by atoms with Crippen LogP contribution >= 0.6 is 11.6 Å². The first-order valence-corrected chi connectivity index (χ1v) is 5.96. The lowest BCUT2D eigenvalue weighted by Crippen LogP contribution is -2.23. The number of ether oxygens (including phenoxy) is 1. The number of hydrogen-bond acceptors (Lipinski definition) is 3. The Morgan fingerprint density at radius 3 is 3.06 bits per heavy atom.